The van der Waals surface area contributed by atoms with Gasteiger partial charge in [0.1, 0.15) is 5.69 Å². The van der Waals surface area contributed by atoms with Crippen molar-refractivity contribution in [1.82, 2.24) is 9.97 Å². The average Bonchev–Trinajstić information content (AvgIpc) is 2.27. The van der Waals surface area contributed by atoms with Gasteiger partial charge in [-0.2, -0.15) is 13.2 Å². The summed E-state index contributed by atoms with van der Waals surface area (Å²) in [6, 6.07) is 0.733. The van der Waals surface area contributed by atoms with Gasteiger partial charge >= 0.3 is 6.18 Å². The lowest BCUT2D eigenvalue weighted by atomic mass is 10.1. The summed E-state index contributed by atoms with van der Waals surface area (Å²) in [5.41, 5.74) is -0.958. The standard InChI is InChI=1S/C10H13ClF3N3/c1-6(5-11)7(2)16-9-15-4-3-8(17-9)10(12,13)14/h3-4,6-7H,5H2,1-2H3,(H,15,16,17). The Morgan fingerprint density at radius 1 is 1.41 bits per heavy atom. The molecule has 1 aromatic heterocycles. The molecule has 0 fully saturated rings. The molecule has 0 spiro atoms. The van der Waals surface area contributed by atoms with Gasteiger partial charge in [-0.25, -0.2) is 9.97 Å². The molecule has 0 saturated heterocycles. The Kier molecular flexibility index (Phi) is 4.56. The third-order valence-corrected chi connectivity index (χ3v) is 2.89. The summed E-state index contributed by atoms with van der Waals surface area (Å²) < 4.78 is 37.2. The molecule has 0 amide bonds. The topological polar surface area (TPSA) is 37.8 Å². The molecule has 0 bridgehead atoms. The Labute approximate surface area is 102 Å². The minimum atomic E-state index is -4.46. The Hall–Kier alpha value is -1.04. The molecule has 2 unspecified atom stereocenters. The highest BCUT2D eigenvalue weighted by atomic mass is 35.5. The molecule has 3 nitrogen and oxygen atoms in total. The first-order valence-corrected chi connectivity index (χ1v) is 5.60. The number of aromatic nitrogens is 2. The van der Waals surface area contributed by atoms with Crippen molar-refractivity contribution in [2.75, 3.05) is 11.2 Å². The zero-order chi connectivity index (χ0) is 13.1. The molecule has 0 aliphatic rings. The minimum absolute atomic E-state index is 0.0377. The maximum Gasteiger partial charge on any atom is 0.433 e. The van der Waals surface area contributed by atoms with Crippen molar-refractivity contribution in [1.29, 1.82) is 0 Å². The molecular formula is C10H13ClF3N3. The molecule has 0 radical (unpaired) electrons. The van der Waals surface area contributed by atoms with E-state index in [2.05, 4.69) is 15.3 Å². The molecule has 7 heteroatoms. The lowest BCUT2D eigenvalue weighted by molar-refractivity contribution is -0.141. The summed E-state index contributed by atoms with van der Waals surface area (Å²) in [6.07, 6.45) is -3.38. The molecule has 1 rings (SSSR count). The first-order chi connectivity index (χ1) is 7.84. The fourth-order valence-corrected chi connectivity index (χ4v) is 1.33. The van der Waals surface area contributed by atoms with Crippen molar-refractivity contribution in [2.45, 2.75) is 26.1 Å². The number of alkyl halides is 4. The average molecular weight is 268 g/mol. The van der Waals surface area contributed by atoms with Gasteiger partial charge in [0.2, 0.25) is 5.95 Å². The number of rotatable bonds is 4. The van der Waals surface area contributed by atoms with E-state index in [9.17, 15) is 13.2 Å². The van der Waals surface area contributed by atoms with Crippen LogP contribution in [0.5, 0.6) is 0 Å². The number of halogens is 4. The van der Waals surface area contributed by atoms with E-state index >= 15 is 0 Å². The number of hydrogen-bond acceptors (Lipinski definition) is 3. The van der Waals surface area contributed by atoms with E-state index in [1.165, 1.54) is 0 Å². The second-order valence-electron chi connectivity index (χ2n) is 3.83. The maximum atomic E-state index is 12.4. The monoisotopic (exact) mass is 267 g/mol. The minimum Gasteiger partial charge on any atom is -0.351 e. The molecule has 1 heterocycles. The van der Waals surface area contributed by atoms with Gasteiger partial charge < -0.3 is 5.32 Å². The van der Waals surface area contributed by atoms with E-state index in [0.29, 0.717) is 5.88 Å². The predicted molar refractivity (Wildman–Crippen MR) is 60.0 cm³/mol. The molecule has 1 N–H and O–H groups in total. The van der Waals surface area contributed by atoms with E-state index in [0.717, 1.165) is 12.3 Å². The number of hydrogen-bond donors (Lipinski definition) is 1. The third kappa shape index (κ3) is 4.03. The van der Waals surface area contributed by atoms with Gasteiger partial charge in [-0.3, -0.25) is 0 Å². The zero-order valence-corrected chi connectivity index (χ0v) is 10.2. The highest BCUT2D eigenvalue weighted by molar-refractivity contribution is 6.18. The van der Waals surface area contributed by atoms with Gasteiger partial charge in [0.15, 0.2) is 0 Å². The fraction of sp³-hybridized carbons (Fsp3) is 0.600. The molecular weight excluding hydrogens is 255 g/mol. The molecule has 96 valence electrons. The molecule has 0 aliphatic heterocycles. The quantitative estimate of drug-likeness (QED) is 0.852. The molecule has 2 atom stereocenters. The van der Waals surface area contributed by atoms with E-state index in [-0.39, 0.29) is 17.9 Å². The Balaban J connectivity index is 2.79. The SMILES string of the molecule is CC(CCl)C(C)Nc1nccc(C(F)(F)F)n1. The van der Waals surface area contributed by atoms with Crippen LogP contribution in [0.3, 0.4) is 0 Å². The van der Waals surface area contributed by atoms with Crippen LogP contribution in [0.25, 0.3) is 0 Å². The Bertz CT molecular complexity index is 370. The van der Waals surface area contributed by atoms with Gasteiger partial charge in [-0.1, -0.05) is 6.92 Å². The fourth-order valence-electron chi connectivity index (χ4n) is 1.07. The highest BCUT2D eigenvalue weighted by Crippen LogP contribution is 2.27. The van der Waals surface area contributed by atoms with Gasteiger partial charge in [-0.05, 0) is 18.9 Å². The molecule has 17 heavy (non-hydrogen) atoms. The summed E-state index contributed by atoms with van der Waals surface area (Å²) >= 11 is 5.66. The number of nitrogens with zero attached hydrogens (tertiary/aromatic N) is 2. The molecule has 1 aromatic rings. The van der Waals surface area contributed by atoms with Gasteiger partial charge in [-0.15, -0.1) is 11.6 Å². The maximum absolute atomic E-state index is 12.4. The Morgan fingerprint density at radius 2 is 2.06 bits per heavy atom. The second-order valence-corrected chi connectivity index (χ2v) is 4.14. The van der Waals surface area contributed by atoms with Crippen molar-refractivity contribution in [2.24, 2.45) is 5.92 Å². The number of anilines is 1. The second kappa shape index (κ2) is 5.53. The van der Waals surface area contributed by atoms with Crippen LogP contribution in [-0.2, 0) is 6.18 Å². The smallest absolute Gasteiger partial charge is 0.351 e. The van der Waals surface area contributed by atoms with Crippen LogP contribution in [0.4, 0.5) is 19.1 Å². The summed E-state index contributed by atoms with van der Waals surface area (Å²) in [5.74, 6) is 0.478. The van der Waals surface area contributed by atoms with E-state index in [1.54, 1.807) is 0 Å². The van der Waals surface area contributed by atoms with Crippen molar-refractivity contribution in [3.05, 3.63) is 18.0 Å². The molecule has 0 aromatic carbocycles. The van der Waals surface area contributed by atoms with Crippen molar-refractivity contribution >= 4 is 17.5 Å². The van der Waals surface area contributed by atoms with E-state index in [4.69, 9.17) is 11.6 Å². The lowest BCUT2D eigenvalue weighted by Gasteiger charge is -2.19. The summed E-state index contributed by atoms with van der Waals surface area (Å²) in [7, 11) is 0. The Morgan fingerprint density at radius 3 is 2.59 bits per heavy atom. The van der Waals surface area contributed by atoms with Gasteiger partial charge in [0.05, 0.1) is 0 Å². The first kappa shape index (κ1) is 14.0. The largest absolute Gasteiger partial charge is 0.433 e. The zero-order valence-electron chi connectivity index (χ0n) is 9.42. The number of nitrogens with one attached hydrogen (secondary N) is 1. The summed E-state index contributed by atoms with van der Waals surface area (Å²) in [6.45, 7) is 3.70. The normalized spacial score (nSPS) is 15.4. The van der Waals surface area contributed by atoms with Crippen LogP contribution < -0.4 is 5.32 Å². The molecule has 0 saturated carbocycles. The van der Waals surface area contributed by atoms with Crippen molar-refractivity contribution in [3.8, 4) is 0 Å². The van der Waals surface area contributed by atoms with Crippen LogP contribution in [0.1, 0.15) is 19.5 Å². The lowest BCUT2D eigenvalue weighted by Crippen LogP contribution is -2.26. The van der Waals surface area contributed by atoms with Crippen LogP contribution in [0.2, 0.25) is 0 Å². The van der Waals surface area contributed by atoms with Crippen LogP contribution >= 0.6 is 11.6 Å². The van der Waals surface area contributed by atoms with Crippen molar-refractivity contribution in [3.63, 3.8) is 0 Å². The van der Waals surface area contributed by atoms with E-state index < -0.39 is 11.9 Å². The van der Waals surface area contributed by atoms with Gasteiger partial charge in [0, 0.05) is 18.1 Å². The first-order valence-electron chi connectivity index (χ1n) is 5.07. The summed E-state index contributed by atoms with van der Waals surface area (Å²) in [5, 5.41) is 2.80. The molecule has 0 aliphatic carbocycles. The third-order valence-electron chi connectivity index (χ3n) is 2.40. The highest BCUT2D eigenvalue weighted by Gasteiger charge is 2.32. The summed E-state index contributed by atoms with van der Waals surface area (Å²) in [4.78, 5) is 7.15. The predicted octanol–water partition coefficient (Wildman–Crippen LogP) is 3.17. The van der Waals surface area contributed by atoms with Crippen LogP contribution in [0.15, 0.2) is 12.3 Å². The van der Waals surface area contributed by atoms with E-state index in [1.807, 2.05) is 13.8 Å². The van der Waals surface area contributed by atoms with Crippen LogP contribution in [0, 0.1) is 5.92 Å². The van der Waals surface area contributed by atoms with Crippen molar-refractivity contribution < 1.29 is 13.2 Å². The van der Waals surface area contributed by atoms with Crippen LogP contribution in [-0.4, -0.2) is 21.9 Å². The van der Waals surface area contributed by atoms with Gasteiger partial charge in [0.25, 0.3) is 0 Å².